The Labute approximate surface area is 161 Å². The maximum absolute atomic E-state index is 13.7. The highest BCUT2D eigenvalue weighted by Gasteiger charge is 2.18. The number of hydrogen-bond acceptors (Lipinski definition) is 2. The summed E-state index contributed by atoms with van der Waals surface area (Å²) in [5, 5.41) is 2.85. The largest absolute Gasteiger partial charge is 0.366 e. The third-order valence-electron chi connectivity index (χ3n) is 4.32. The van der Waals surface area contributed by atoms with E-state index in [0.717, 1.165) is 0 Å². The number of nitrogens with one attached hydrogen (secondary N) is 1. The van der Waals surface area contributed by atoms with Crippen molar-refractivity contribution in [1.82, 2.24) is 5.32 Å². The second-order valence-corrected chi connectivity index (χ2v) is 6.36. The highest BCUT2D eigenvalue weighted by molar-refractivity contribution is 5.97. The normalized spacial score (nSPS) is 11.6. The van der Waals surface area contributed by atoms with Gasteiger partial charge in [-0.2, -0.15) is 0 Å². The maximum atomic E-state index is 13.7. The molecular formula is C22H18F2N2O2. The summed E-state index contributed by atoms with van der Waals surface area (Å²) in [6, 6.07) is 17.2. The van der Waals surface area contributed by atoms with Crippen LogP contribution >= 0.6 is 0 Å². The topological polar surface area (TPSA) is 72.2 Å². The summed E-state index contributed by atoms with van der Waals surface area (Å²) in [5.74, 6) is -1.80. The molecule has 1 unspecified atom stereocenters. The second-order valence-electron chi connectivity index (χ2n) is 6.36. The first-order valence-corrected chi connectivity index (χ1v) is 8.63. The number of rotatable bonds is 6. The van der Waals surface area contributed by atoms with Crippen molar-refractivity contribution in [2.75, 3.05) is 0 Å². The Hall–Kier alpha value is -3.54. The van der Waals surface area contributed by atoms with Crippen LogP contribution < -0.4 is 11.1 Å². The van der Waals surface area contributed by atoms with Gasteiger partial charge in [-0.1, -0.05) is 24.3 Å². The van der Waals surface area contributed by atoms with Crippen LogP contribution in [0.2, 0.25) is 0 Å². The van der Waals surface area contributed by atoms with Crippen LogP contribution in [0.4, 0.5) is 8.78 Å². The number of nitrogens with two attached hydrogens (primary N) is 1. The monoisotopic (exact) mass is 380 g/mol. The molecule has 3 aromatic rings. The Morgan fingerprint density at radius 2 is 1.46 bits per heavy atom. The summed E-state index contributed by atoms with van der Waals surface area (Å²) >= 11 is 0. The highest BCUT2D eigenvalue weighted by Crippen LogP contribution is 2.21. The molecule has 28 heavy (non-hydrogen) atoms. The van der Waals surface area contributed by atoms with Gasteiger partial charge in [0.05, 0.1) is 6.04 Å². The van der Waals surface area contributed by atoms with Crippen LogP contribution in [-0.2, 0) is 6.42 Å². The van der Waals surface area contributed by atoms with Crippen molar-refractivity contribution in [3.05, 3.63) is 107 Å². The summed E-state index contributed by atoms with van der Waals surface area (Å²) in [7, 11) is 0. The molecule has 6 heteroatoms. The van der Waals surface area contributed by atoms with Gasteiger partial charge in [0.25, 0.3) is 5.91 Å². The molecule has 3 N–H and O–H groups in total. The molecular weight excluding hydrogens is 362 g/mol. The van der Waals surface area contributed by atoms with E-state index in [0.29, 0.717) is 16.7 Å². The molecule has 0 saturated heterocycles. The molecule has 0 aliphatic carbocycles. The summed E-state index contributed by atoms with van der Waals surface area (Å²) < 4.78 is 27.2. The van der Waals surface area contributed by atoms with Gasteiger partial charge < -0.3 is 11.1 Å². The zero-order valence-corrected chi connectivity index (χ0v) is 14.9. The van der Waals surface area contributed by atoms with E-state index in [-0.39, 0.29) is 17.8 Å². The van der Waals surface area contributed by atoms with Crippen LogP contribution in [0.3, 0.4) is 0 Å². The average Bonchev–Trinajstić information content (AvgIpc) is 2.67. The zero-order chi connectivity index (χ0) is 20.1. The van der Waals surface area contributed by atoms with Crippen molar-refractivity contribution in [2.24, 2.45) is 5.73 Å². The van der Waals surface area contributed by atoms with Crippen LogP contribution in [-0.4, -0.2) is 11.8 Å². The van der Waals surface area contributed by atoms with Gasteiger partial charge in [0.1, 0.15) is 11.6 Å². The van der Waals surface area contributed by atoms with Crippen molar-refractivity contribution in [3.8, 4) is 0 Å². The van der Waals surface area contributed by atoms with Crippen LogP contribution in [0, 0.1) is 11.6 Å². The van der Waals surface area contributed by atoms with Crippen molar-refractivity contribution in [2.45, 2.75) is 12.5 Å². The molecule has 0 bridgehead atoms. The van der Waals surface area contributed by atoms with Gasteiger partial charge >= 0.3 is 0 Å². The van der Waals surface area contributed by atoms with Gasteiger partial charge in [0.15, 0.2) is 0 Å². The van der Waals surface area contributed by atoms with Crippen molar-refractivity contribution in [1.29, 1.82) is 0 Å². The molecule has 0 aromatic heterocycles. The van der Waals surface area contributed by atoms with Gasteiger partial charge in [-0.05, 0) is 66.1 Å². The lowest BCUT2D eigenvalue weighted by Gasteiger charge is -2.20. The Kier molecular flexibility index (Phi) is 5.79. The lowest BCUT2D eigenvalue weighted by atomic mass is 9.98. The zero-order valence-electron chi connectivity index (χ0n) is 14.9. The number of amides is 2. The molecule has 0 fully saturated rings. The molecule has 0 aliphatic rings. The number of carbonyl (C=O) groups excluding carboxylic acids is 2. The van der Waals surface area contributed by atoms with Crippen molar-refractivity contribution in [3.63, 3.8) is 0 Å². The minimum atomic E-state index is -0.587. The van der Waals surface area contributed by atoms with Gasteiger partial charge in [0.2, 0.25) is 5.91 Å². The standard InChI is InChI=1S/C22H18F2N2O2/c23-18-5-1-3-14(11-18)12-20(17-4-2-6-19(24)13-17)26-22(28)16-9-7-15(8-10-16)21(25)27/h1-11,13,20H,12H2,(H2,25,27)(H,26,28). The van der Waals surface area contributed by atoms with Crippen LogP contribution in [0.25, 0.3) is 0 Å². The number of benzene rings is 3. The summed E-state index contributed by atoms with van der Waals surface area (Å²) in [4.78, 5) is 23.8. The molecule has 1 atom stereocenters. The Morgan fingerprint density at radius 1 is 0.857 bits per heavy atom. The molecule has 0 radical (unpaired) electrons. The fraction of sp³-hybridized carbons (Fsp3) is 0.0909. The van der Waals surface area contributed by atoms with Gasteiger partial charge in [-0.3, -0.25) is 9.59 Å². The van der Waals surface area contributed by atoms with Gasteiger partial charge in [-0.25, -0.2) is 8.78 Å². The minimum Gasteiger partial charge on any atom is -0.366 e. The predicted octanol–water partition coefficient (Wildman–Crippen LogP) is 3.78. The molecule has 142 valence electrons. The molecule has 0 heterocycles. The van der Waals surface area contributed by atoms with E-state index in [2.05, 4.69) is 5.32 Å². The van der Waals surface area contributed by atoms with Crippen LogP contribution in [0.15, 0.2) is 72.8 Å². The SMILES string of the molecule is NC(=O)c1ccc(C(=O)NC(Cc2cccc(F)c2)c2cccc(F)c2)cc1. The Bertz CT molecular complexity index is 1000. The highest BCUT2D eigenvalue weighted by atomic mass is 19.1. The van der Waals surface area contributed by atoms with E-state index >= 15 is 0 Å². The number of primary amides is 1. The first kappa shape index (κ1) is 19.2. The van der Waals surface area contributed by atoms with Crippen molar-refractivity contribution < 1.29 is 18.4 Å². The molecule has 3 rings (SSSR count). The number of halogens is 2. The molecule has 0 saturated carbocycles. The fourth-order valence-corrected chi connectivity index (χ4v) is 2.90. The van der Waals surface area contributed by atoms with E-state index in [4.69, 9.17) is 5.73 Å². The third-order valence-corrected chi connectivity index (χ3v) is 4.32. The summed E-state index contributed by atoms with van der Waals surface area (Å²) in [6.45, 7) is 0. The lowest BCUT2D eigenvalue weighted by Crippen LogP contribution is -2.30. The molecule has 0 spiro atoms. The second kappa shape index (κ2) is 8.43. The quantitative estimate of drug-likeness (QED) is 0.683. The van der Waals surface area contributed by atoms with Crippen LogP contribution in [0.1, 0.15) is 37.9 Å². The molecule has 0 aliphatic heterocycles. The lowest BCUT2D eigenvalue weighted by molar-refractivity contribution is 0.0934. The van der Waals surface area contributed by atoms with E-state index in [1.807, 2.05) is 0 Å². The first-order chi connectivity index (χ1) is 13.4. The minimum absolute atomic E-state index is 0.284. The Balaban J connectivity index is 1.85. The van der Waals surface area contributed by atoms with Gasteiger partial charge in [-0.15, -0.1) is 0 Å². The van der Waals surface area contributed by atoms with Crippen LogP contribution in [0.5, 0.6) is 0 Å². The van der Waals surface area contributed by atoms with Gasteiger partial charge in [0, 0.05) is 11.1 Å². The Morgan fingerprint density at radius 3 is 2.07 bits per heavy atom. The third kappa shape index (κ3) is 4.79. The molecule has 3 aromatic carbocycles. The number of carbonyl (C=O) groups is 2. The number of hydrogen-bond donors (Lipinski definition) is 2. The summed E-state index contributed by atoms with van der Waals surface area (Å²) in [5.41, 5.74) is 7.04. The smallest absolute Gasteiger partial charge is 0.251 e. The molecule has 2 amide bonds. The summed E-state index contributed by atoms with van der Waals surface area (Å²) in [6.07, 6.45) is 0.284. The van der Waals surface area contributed by atoms with E-state index in [1.54, 1.807) is 24.3 Å². The first-order valence-electron chi connectivity index (χ1n) is 8.63. The molecule has 4 nitrogen and oxygen atoms in total. The fourth-order valence-electron chi connectivity index (χ4n) is 2.90. The van der Waals surface area contributed by atoms with E-state index in [1.165, 1.54) is 48.5 Å². The van der Waals surface area contributed by atoms with E-state index in [9.17, 15) is 18.4 Å². The van der Waals surface area contributed by atoms with Crippen molar-refractivity contribution >= 4 is 11.8 Å². The van der Waals surface area contributed by atoms with E-state index < -0.39 is 23.7 Å². The average molecular weight is 380 g/mol. The maximum Gasteiger partial charge on any atom is 0.251 e. The predicted molar refractivity (Wildman–Crippen MR) is 102 cm³/mol.